The molecule has 0 bridgehead atoms. The van der Waals surface area contributed by atoms with Gasteiger partial charge >= 0.3 is 35.5 Å². The SMILES string of the molecule is COc1ccc(-c2cc3ccc(OCC(F)(F)C(F)(F)C(F)(F)COC(=O)C(CC(C)(C)N)C(C)(C)N)cc3oc2=O)c(C(F)(F)F)c1. The lowest BCUT2D eigenvalue weighted by Crippen LogP contribution is -2.59. The Kier molecular flexibility index (Phi) is 10.5. The Morgan fingerprint density at radius 2 is 1.40 bits per heavy atom. The lowest BCUT2D eigenvalue weighted by Gasteiger charge is -2.35. The number of alkyl halides is 9. The highest BCUT2D eigenvalue weighted by Crippen LogP contribution is 2.46. The fraction of sp³-hybridized carbons (Fsp3) is 0.484. The van der Waals surface area contributed by atoms with Crippen molar-refractivity contribution in [2.45, 2.75) is 69.1 Å². The molecule has 48 heavy (non-hydrogen) atoms. The quantitative estimate of drug-likeness (QED) is 0.113. The molecule has 0 radical (unpaired) electrons. The highest BCUT2D eigenvalue weighted by atomic mass is 19.4. The number of fused-ring (bicyclic) bond motifs is 1. The van der Waals surface area contributed by atoms with Gasteiger partial charge in [-0.05, 0) is 70.5 Å². The van der Waals surface area contributed by atoms with Gasteiger partial charge in [0.2, 0.25) is 0 Å². The number of carbonyl (C=O) groups excluding carboxylic acids is 1. The van der Waals surface area contributed by atoms with Crippen molar-refractivity contribution < 1.29 is 62.9 Å². The summed E-state index contributed by atoms with van der Waals surface area (Å²) in [5.74, 6) is -20.8. The molecule has 0 aliphatic carbocycles. The van der Waals surface area contributed by atoms with Crippen LogP contribution in [0.5, 0.6) is 11.5 Å². The smallest absolute Gasteiger partial charge is 0.417 e. The largest absolute Gasteiger partial charge is 0.497 e. The van der Waals surface area contributed by atoms with Gasteiger partial charge in [-0.3, -0.25) is 4.79 Å². The van der Waals surface area contributed by atoms with E-state index < -0.39 is 93.8 Å². The molecule has 0 saturated heterocycles. The number of hydrogen-bond acceptors (Lipinski definition) is 8. The van der Waals surface area contributed by atoms with Crippen LogP contribution in [0, 0.1) is 5.92 Å². The van der Waals surface area contributed by atoms with E-state index in [1.165, 1.54) is 33.8 Å². The molecule has 3 aromatic rings. The van der Waals surface area contributed by atoms with E-state index in [-0.39, 0.29) is 17.6 Å². The first kappa shape index (κ1) is 38.5. The van der Waals surface area contributed by atoms with Gasteiger partial charge in [-0.25, -0.2) is 4.79 Å². The number of esters is 1. The van der Waals surface area contributed by atoms with E-state index in [1.54, 1.807) is 0 Å². The molecule has 1 aromatic heterocycles. The molecule has 8 nitrogen and oxygen atoms in total. The normalized spacial score (nSPS) is 14.2. The molecule has 0 saturated carbocycles. The molecule has 4 N–H and O–H groups in total. The number of hydrogen-bond donors (Lipinski definition) is 2. The molecule has 0 amide bonds. The number of benzene rings is 2. The average Bonchev–Trinajstić information content (AvgIpc) is 2.95. The van der Waals surface area contributed by atoms with Gasteiger partial charge < -0.3 is 30.1 Å². The number of rotatable bonds is 13. The Labute approximate surface area is 268 Å². The van der Waals surface area contributed by atoms with Crippen molar-refractivity contribution in [1.82, 2.24) is 0 Å². The first-order valence-electron chi connectivity index (χ1n) is 14.0. The molecular formula is C31H33F9N2O6. The van der Waals surface area contributed by atoms with Crippen molar-refractivity contribution in [3.05, 3.63) is 58.4 Å². The monoisotopic (exact) mass is 700 g/mol. The van der Waals surface area contributed by atoms with Crippen LogP contribution in [0.25, 0.3) is 22.1 Å². The van der Waals surface area contributed by atoms with Crippen molar-refractivity contribution in [3.8, 4) is 22.6 Å². The Balaban J connectivity index is 1.81. The van der Waals surface area contributed by atoms with E-state index in [0.717, 1.165) is 37.4 Å². The van der Waals surface area contributed by atoms with Crippen molar-refractivity contribution in [2.75, 3.05) is 20.3 Å². The van der Waals surface area contributed by atoms with Crippen LogP contribution in [0.3, 0.4) is 0 Å². The Morgan fingerprint density at radius 3 is 1.94 bits per heavy atom. The summed E-state index contributed by atoms with van der Waals surface area (Å²) in [7, 11) is 1.14. The summed E-state index contributed by atoms with van der Waals surface area (Å²) in [6.07, 6.45) is -5.11. The molecule has 266 valence electrons. The summed E-state index contributed by atoms with van der Waals surface area (Å²) in [5, 5.41) is -0.0247. The van der Waals surface area contributed by atoms with Gasteiger partial charge in [0.15, 0.2) is 13.2 Å². The van der Waals surface area contributed by atoms with Crippen LogP contribution in [0.2, 0.25) is 0 Å². The fourth-order valence-corrected chi connectivity index (χ4v) is 4.55. The number of ether oxygens (including phenoxy) is 3. The third kappa shape index (κ3) is 8.53. The standard InChI is InChI=1S/C31H33F9N2O6/c1-26(2,41)13-22(27(3,4)42)25(44)47-15-29(34,35)31(39,40)28(32,33)14-46-18-7-6-16-10-20(24(43)48-23(16)12-18)19-9-8-17(45-5)11-21(19)30(36,37)38/h6-12,22H,13-15,41-42H2,1-5H3. The second-order valence-corrected chi connectivity index (χ2v) is 12.5. The average molecular weight is 701 g/mol. The van der Waals surface area contributed by atoms with Crippen molar-refractivity contribution in [3.63, 3.8) is 0 Å². The Hall–Kier alpha value is -3.99. The van der Waals surface area contributed by atoms with E-state index in [9.17, 15) is 49.1 Å². The predicted octanol–water partition coefficient (Wildman–Crippen LogP) is 6.80. The maximum Gasteiger partial charge on any atom is 0.417 e. The molecule has 1 heterocycles. The minimum absolute atomic E-state index is 0.0247. The van der Waals surface area contributed by atoms with Crippen molar-refractivity contribution in [2.24, 2.45) is 17.4 Å². The van der Waals surface area contributed by atoms with E-state index >= 15 is 0 Å². The number of nitrogens with two attached hydrogens (primary N) is 2. The highest BCUT2D eigenvalue weighted by Gasteiger charge is 2.72. The van der Waals surface area contributed by atoms with Gasteiger partial charge in [-0.2, -0.15) is 39.5 Å². The van der Waals surface area contributed by atoms with Gasteiger partial charge in [-0.1, -0.05) is 0 Å². The van der Waals surface area contributed by atoms with Gasteiger partial charge in [-0.15, -0.1) is 0 Å². The molecule has 0 fully saturated rings. The summed E-state index contributed by atoms with van der Waals surface area (Å²) in [4.78, 5) is 25.1. The minimum atomic E-state index is -6.10. The molecule has 1 unspecified atom stereocenters. The molecule has 1 atom stereocenters. The van der Waals surface area contributed by atoms with E-state index in [2.05, 4.69) is 9.47 Å². The summed E-state index contributed by atoms with van der Waals surface area (Å²) in [5.41, 5.74) is 5.30. The van der Waals surface area contributed by atoms with Crippen LogP contribution >= 0.6 is 0 Å². The maximum absolute atomic E-state index is 14.6. The van der Waals surface area contributed by atoms with E-state index in [4.69, 9.17) is 20.6 Å². The summed E-state index contributed by atoms with van der Waals surface area (Å²) < 4.78 is 147. The number of carbonyl (C=O) groups is 1. The molecule has 17 heteroatoms. The zero-order valence-electron chi connectivity index (χ0n) is 26.2. The van der Waals surface area contributed by atoms with Gasteiger partial charge in [0.25, 0.3) is 0 Å². The molecular weight excluding hydrogens is 667 g/mol. The molecule has 0 aliphatic heterocycles. The first-order chi connectivity index (χ1) is 21.7. The van der Waals surface area contributed by atoms with Crippen LogP contribution in [0.1, 0.15) is 39.7 Å². The summed E-state index contributed by atoms with van der Waals surface area (Å²) in [6, 6.07) is 6.57. The van der Waals surface area contributed by atoms with Crippen LogP contribution < -0.4 is 26.6 Å². The number of methoxy groups -OCH3 is 1. The lowest BCUT2D eigenvalue weighted by atomic mass is 9.80. The zero-order chi connectivity index (χ0) is 36.7. The highest BCUT2D eigenvalue weighted by molar-refractivity contribution is 5.83. The molecule has 0 spiro atoms. The van der Waals surface area contributed by atoms with Gasteiger partial charge in [0.1, 0.15) is 17.1 Å². The van der Waals surface area contributed by atoms with Crippen molar-refractivity contribution in [1.29, 1.82) is 0 Å². The van der Waals surface area contributed by atoms with Crippen molar-refractivity contribution >= 4 is 16.9 Å². The van der Waals surface area contributed by atoms with Gasteiger partial charge in [0.05, 0.1) is 24.2 Å². The molecule has 2 aromatic carbocycles. The number of halogens is 9. The van der Waals surface area contributed by atoms with Crippen LogP contribution in [0.15, 0.2) is 51.7 Å². The van der Waals surface area contributed by atoms with E-state index in [0.29, 0.717) is 6.07 Å². The Bertz CT molecular complexity index is 1690. The Morgan fingerprint density at radius 1 is 0.812 bits per heavy atom. The van der Waals surface area contributed by atoms with Crippen LogP contribution in [0.4, 0.5) is 39.5 Å². The maximum atomic E-state index is 14.6. The first-order valence-corrected chi connectivity index (χ1v) is 14.0. The van der Waals surface area contributed by atoms with Gasteiger partial charge in [0, 0.05) is 28.1 Å². The fourth-order valence-electron chi connectivity index (χ4n) is 4.55. The third-order valence-electron chi connectivity index (χ3n) is 7.18. The summed E-state index contributed by atoms with van der Waals surface area (Å²) in [6.45, 7) is 0.920. The lowest BCUT2D eigenvalue weighted by molar-refractivity contribution is -0.322. The summed E-state index contributed by atoms with van der Waals surface area (Å²) >= 11 is 0. The molecule has 3 rings (SSSR count). The van der Waals surface area contributed by atoms with E-state index in [1.807, 2.05) is 0 Å². The second kappa shape index (κ2) is 13.1. The van der Waals surface area contributed by atoms with Crippen LogP contribution in [-0.4, -0.2) is 55.1 Å². The zero-order valence-corrected chi connectivity index (χ0v) is 26.2. The molecule has 0 aliphatic rings. The minimum Gasteiger partial charge on any atom is -0.497 e. The van der Waals surface area contributed by atoms with Crippen LogP contribution in [-0.2, 0) is 15.7 Å². The third-order valence-corrected chi connectivity index (χ3v) is 7.18. The predicted molar refractivity (Wildman–Crippen MR) is 155 cm³/mol. The topological polar surface area (TPSA) is 127 Å². The second-order valence-electron chi connectivity index (χ2n) is 12.5.